The minimum atomic E-state index is -0.0396. The van der Waals surface area contributed by atoms with Crippen LogP contribution in [0.3, 0.4) is 0 Å². The number of hydrogen-bond donors (Lipinski definition) is 2. The highest BCUT2D eigenvalue weighted by molar-refractivity contribution is 5.94. The predicted octanol–water partition coefficient (Wildman–Crippen LogP) is 4.62. The van der Waals surface area contributed by atoms with E-state index in [2.05, 4.69) is 52.9 Å². The van der Waals surface area contributed by atoms with Crippen molar-refractivity contribution in [3.05, 3.63) is 70.9 Å². The van der Waals surface area contributed by atoms with Crippen LogP contribution in [0.15, 0.2) is 54.2 Å². The number of amides is 1. The lowest BCUT2D eigenvalue weighted by Crippen LogP contribution is -2.25. The molecule has 1 aliphatic carbocycles. The van der Waals surface area contributed by atoms with Crippen molar-refractivity contribution in [2.45, 2.75) is 45.6 Å². The summed E-state index contributed by atoms with van der Waals surface area (Å²) in [4.78, 5) is 16.7. The molecule has 1 aromatic heterocycles. The number of nitrogens with one attached hydrogen (secondary N) is 2. The summed E-state index contributed by atoms with van der Waals surface area (Å²) >= 11 is 0. The van der Waals surface area contributed by atoms with Gasteiger partial charge in [0.15, 0.2) is 0 Å². The number of aryl methyl sites for hydroxylation is 1. The number of benzene rings is 1. The van der Waals surface area contributed by atoms with Crippen LogP contribution in [0.5, 0.6) is 0 Å². The molecule has 1 aromatic carbocycles. The highest BCUT2D eigenvalue weighted by Gasteiger charge is 2.08. The van der Waals surface area contributed by atoms with Crippen LogP contribution in [-0.4, -0.2) is 17.4 Å². The summed E-state index contributed by atoms with van der Waals surface area (Å²) in [5.74, 6) is 0.676. The van der Waals surface area contributed by atoms with Crippen LogP contribution in [-0.2, 0) is 6.54 Å². The number of carbonyl (C=O) groups is 1. The van der Waals surface area contributed by atoms with E-state index in [1.807, 2.05) is 6.07 Å². The molecule has 0 atom stereocenters. The Kier molecular flexibility index (Phi) is 6.42. The van der Waals surface area contributed by atoms with Gasteiger partial charge < -0.3 is 10.6 Å². The third-order valence-corrected chi connectivity index (χ3v) is 4.73. The van der Waals surface area contributed by atoms with Gasteiger partial charge in [0.2, 0.25) is 0 Å². The molecule has 0 bridgehead atoms. The van der Waals surface area contributed by atoms with Crippen LogP contribution in [0, 0.1) is 6.92 Å². The zero-order valence-corrected chi connectivity index (χ0v) is 15.4. The van der Waals surface area contributed by atoms with Gasteiger partial charge in [-0.25, -0.2) is 4.98 Å². The van der Waals surface area contributed by atoms with Crippen molar-refractivity contribution in [3.8, 4) is 0 Å². The van der Waals surface area contributed by atoms with Gasteiger partial charge in [-0.3, -0.25) is 4.79 Å². The Hall–Kier alpha value is -2.62. The summed E-state index contributed by atoms with van der Waals surface area (Å²) in [7, 11) is 0. The molecule has 0 radical (unpaired) electrons. The quantitative estimate of drug-likeness (QED) is 0.717. The first kappa shape index (κ1) is 18.2. The number of allylic oxidation sites excluding steroid dienone is 1. The number of pyridine rings is 1. The molecule has 136 valence electrons. The molecule has 4 nitrogen and oxygen atoms in total. The number of nitrogens with zero attached hydrogens (tertiary/aromatic N) is 1. The SMILES string of the molecule is Cc1ccc(CNc2cc(C(=O)NCCC3=CCCCC3)ccn2)cc1. The Bertz CT molecular complexity index is 765. The molecule has 1 heterocycles. The number of aromatic nitrogens is 1. The first-order valence-electron chi connectivity index (χ1n) is 9.42. The maximum absolute atomic E-state index is 12.4. The van der Waals surface area contributed by atoms with E-state index in [4.69, 9.17) is 0 Å². The summed E-state index contributed by atoms with van der Waals surface area (Å²) in [5.41, 5.74) is 4.55. The van der Waals surface area contributed by atoms with Crippen molar-refractivity contribution in [1.82, 2.24) is 10.3 Å². The lowest BCUT2D eigenvalue weighted by molar-refractivity contribution is 0.0954. The molecule has 3 rings (SSSR count). The second-order valence-corrected chi connectivity index (χ2v) is 6.88. The van der Waals surface area contributed by atoms with Crippen LogP contribution < -0.4 is 10.6 Å². The van der Waals surface area contributed by atoms with E-state index < -0.39 is 0 Å². The monoisotopic (exact) mass is 349 g/mol. The average molecular weight is 349 g/mol. The topological polar surface area (TPSA) is 54.0 Å². The average Bonchev–Trinajstić information content (AvgIpc) is 2.68. The molecule has 2 N–H and O–H groups in total. The van der Waals surface area contributed by atoms with Crippen LogP contribution >= 0.6 is 0 Å². The van der Waals surface area contributed by atoms with Gasteiger partial charge in [-0.05, 0) is 56.7 Å². The Morgan fingerprint density at radius 2 is 2.00 bits per heavy atom. The lowest BCUT2D eigenvalue weighted by atomic mass is 9.97. The molecule has 4 heteroatoms. The summed E-state index contributed by atoms with van der Waals surface area (Å²) in [5, 5.41) is 6.30. The lowest BCUT2D eigenvalue weighted by Gasteiger charge is -2.13. The van der Waals surface area contributed by atoms with E-state index in [0.29, 0.717) is 24.5 Å². The molecule has 0 fully saturated rings. The fourth-order valence-corrected chi connectivity index (χ4v) is 3.14. The number of hydrogen-bond acceptors (Lipinski definition) is 3. The highest BCUT2D eigenvalue weighted by Crippen LogP contribution is 2.19. The molecule has 1 aliphatic rings. The van der Waals surface area contributed by atoms with Gasteiger partial charge in [0, 0.05) is 24.8 Å². The first-order valence-corrected chi connectivity index (χ1v) is 9.42. The minimum Gasteiger partial charge on any atom is -0.366 e. The molecule has 1 amide bonds. The Balaban J connectivity index is 1.50. The largest absolute Gasteiger partial charge is 0.366 e. The highest BCUT2D eigenvalue weighted by atomic mass is 16.1. The van der Waals surface area contributed by atoms with Crippen molar-refractivity contribution in [2.75, 3.05) is 11.9 Å². The molecule has 0 saturated heterocycles. The second-order valence-electron chi connectivity index (χ2n) is 6.88. The molecule has 2 aromatic rings. The van der Waals surface area contributed by atoms with Gasteiger partial charge in [-0.15, -0.1) is 0 Å². The van der Waals surface area contributed by atoms with E-state index >= 15 is 0 Å². The number of rotatable bonds is 7. The van der Waals surface area contributed by atoms with Crippen LogP contribution in [0.4, 0.5) is 5.82 Å². The Morgan fingerprint density at radius 1 is 1.15 bits per heavy atom. The zero-order valence-electron chi connectivity index (χ0n) is 15.4. The Morgan fingerprint density at radius 3 is 2.77 bits per heavy atom. The minimum absolute atomic E-state index is 0.0396. The van der Waals surface area contributed by atoms with Crippen LogP contribution in [0.2, 0.25) is 0 Å². The molecule has 0 spiro atoms. The van der Waals surface area contributed by atoms with Crippen LogP contribution in [0.1, 0.15) is 53.6 Å². The Labute approximate surface area is 155 Å². The number of anilines is 1. The van der Waals surface area contributed by atoms with E-state index in [9.17, 15) is 4.79 Å². The van der Waals surface area contributed by atoms with Crippen molar-refractivity contribution >= 4 is 11.7 Å². The standard InChI is InChI=1S/C22H27N3O/c1-17-7-9-19(10-8-17)16-25-21-15-20(12-14-23-21)22(26)24-13-11-18-5-3-2-4-6-18/h5,7-10,12,14-15H,2-4,6,11,13,16H2,1H3,(H,23,25)(H,24,26). The molecule has 0 aliphatic heterocycles. The van der Waals surface area contributed by atoms with Gasteiger partial charge in [0.25, 0.3) is 5.91 Å². The second kappa shape index (κ2) is 9.18. The zero-order chi connectivity index (χ0) is 18.2. The van der Waals surface area contributed by atoms with Gasteiger partial charge in [0.1, 0.15) is 5.82 Å². The van der Waals surface area contributed by atoms with Gasteiger partial charge >= 0.3 is 0 Å². The summed E-state index contributed by atoms with van der Waals surface area (Å²) in [6, 6.07) is 11.9. The van der Waals surface area contributed by atoms with Crippen molar-refractivity contribution in [2.24, 2.45) is 0 Å². The van der Waals surface area contributed by atoms with Gasteiger partial charge in [-0.2, -0.15) is 0 Å². The van der Waals surface area contributed by atoms with E-state index in [1.165, 1.54) is 42.4 Å². The summed E-state index contributed by atoms with van der Waals surface area (Å²) < 4.78 is 0. The van der Waals surface area contributed by atoms with Crippen molar-refractivity contribution < 1.29 is 4.79 Å². The first-order chi connectivity index (χ1) is 12.7. The molecular weight excluding hydrogens is 322 g/mol. The smallest absolute Gasteiger partial charge is 0.251 e. The fraction of sp³-hybridized carbons (Fsp3) is 0.364. The fourth-order valence-electron chi connectivity index (χ4n) is 3.14. The molecule has 26 heavy (non-hydrogen) atoms. The molecule has 0 saturated carbocycles. The molecule has 0 unspecified atom stereocenters. The third kappa shape index (κ3) is 5.45. The summed E-state index contributed by atoms with van der Waals surface area (Å²) in [6.45, 7) is 3.46. The normalized spacial score (nSPS) is 13.8. The number of carbonyl (C=O) groups excluding carboxylic acids is 1. The van der Waals surface area contributed by atoms with Gasteiger partial charge in [-0.1, -0.05) is 41.5 Å². The summed E-state index contributed by atoms with van der Waals surface area (Å²) in [6.07, 6.45) is 9.90. The van der Waals surface area contributed by atoms with E-state index in [-0.39, 0.29) is 5.91 Å². The maximum atomic E-state index is 12.4. The van der Waals surface area contributed by atoms with Crippen molar-refractivity contribution in [1.29, 1.82) is 0 Å². The molecular formula is C22H27N3O. The van der Waals surface area contributed by atoms with Crippen molar-refractivity contribution in [3.63, 3.8) is 0 Å². The predicted molar refractivity (Wildman–Crippen MR) is 106 cm³/mol. The van der Waals surface area contributed by atoms with Crippen LogP contribution in [0.25, 0.3) is 0 Å². The van der Waals surface area contributed by atoms with E-state index in [0.717, 1.165) is 6.42 Å². The van der Waals surface area contributed by atoms with Gasteiger partial charge in [0.05, 0.1) is 0 Å². The third-order valence-electron chi connectivity index (χ3n) is 4.73. The van der Waals surface area contributed by atoms with E-state index in [1.54, 1.807) is 12.3 Å². The maximum Gasteiger partial charge on any atom is 0.251 e.